The Hall–Kier alpha value is -3.09. The first kappa shape index (κ1) is 25.6. The third kappa shape index (κ3) is 5.32. The minimum absolute atomic E-state index is 0.0539. The van der Waals surface area contributed by atoms with Gasteiger partial charge in [-0.05, 0) is 86.0 Å². The van der Waals surface area contributed by atoms with E-state index in [-0.39, 0.29) is 29.4 Å². The molecule has 2 heterocycles. The van der Waals surface area contributed by atoms with Gasteiger partial charge in [-0.3, -0.25) is 9.29 Å². The fraction of sp³-hybridized carbons (Fsp3) is 0.333. The highest BCUT2D eigenvalue weighted by Crippen LogP contribution is 2.47. The SMILES string of the molecule is CC1=C(c2ccc(Cl)c(F)c2)C(c2ccc(OCC(C)N3CCC(CF)C3)cc2)Oc2ccc(O)cc21. The molecular weight excluding hydrogens is 496 g/mol. The smallest absolute Gasteiger partial charge is 0.150 e. The summed E-state index contributed by atoms with van der Waals surface area (Å²) < 4.78 is 39.8. The van der Waals surface area contributed by atoms with Crippen LogP contribution in [0.4, 0.5) is 8.78 Å². The van der Waals surface area contributed by atoms with Gasteiger partial charge in [0.15, 0.2) is 0 Å². The predicted molar refractivity (Wildman–Crippen MR) is 142 cm³/mol. The van der Waals surface area contributed by atoms with Crippen molar-refractivity contribution in [3.8, 4) is 17.2 Å². The summed E-state index contributed by atoms with van der Waals surface area (Å²) in [5.41, 5.74) is 3.98. The van der Waals surface area contributed by atoms with Crippen molar-refractivity contribution in [2.24, 2.45) is 5.92 Å². The Bertz CT molecular complexity index is 1310. The van der Waals surface area contributed by atoms with Gasteiger partial charge in [0.25, 0.3) is 0 Å². The molecule has 2 aliphatic heterocycles. The summed E-state index contributed by atoms with van der Waals surface area (Å²) in [6.07, 6.45) is 0.403. The lowest BCUT2D eigenvalue weighted by Crippen LogP contribution is -2.35. The average Bonchev–Trinajstić information content (AvgIpc) is 3.39. The Balaban J connectivity index is 1.39. The van der Waals surface area contributed by atoms with Gasteiger partial charge in [-0.1, -0.05) is 29.8 Å². The van der Waals surface area contributed by atoms with Crippen molar-refractivity contribution >= 4 is 22.7 Å². The Morgan fingerprint density at radius 2 is 1.92 bits per heavy atom. The molecule has 0 bridgehead atoms. The van der Waals surface area contributed by atoms with Crippen LogP contribution in [0, 0.1) is 11.7 Å². The van der Waals surface area contributed by atoms with Gasteiger partial charge in [0.05, 0.1) is 11.7 Å². The molecule has 37 heavy (non-hydrogen) atoms. The van der Waals surface area contributed by atoms with E-state index in [9.17, 15) is 13.9 Å². The molecule has 3 aromatic rings. The zero-order valence-electron chi connectivity index (χ0n) is 20.9. The predicted octanol–water partition coefficient (Wildman–Crippen LogP) is 7.31. The minimum Gasteiger partial charge on any atom is -0.508 e. The van der Waals surface area contributed by atoms with Crippen LogP contribution in [-0.2, 0) is 0 Å². The highest BCUT2D eigenvalue weighted by molar-refractivity contribution is 6.30. The van der Waals surface area contributed by atoms with Crippen molar-refractivity contribution in [3.63, 3.8) is 0 Å². The number of benzene rings is 3. The second-order valence-corrected chi connectivity index (χ2v) is 10.3. The van der Waals surface area contributed by atoms with Crippen molar-refractivity contribution in [1.82, 2.24) is 4.90 Å². The molecule has 5 rings (SSSR count). The molecule has 194 valence electrons. The van der Waals surface area contributed by atoms with E-state index >= 15 is 0 Å². The van der Waals surface area contributed by atoms with E-state index in [1.165, 1.54) is 12.1 Å². The summed E-state index contributed by atoms with van der Waals surface area (Å²) in [5.74, 6) is 1.13. The fourth-order valence-electron chi connectivity index (χ4n) is 5.16. The summed E-state index contributed by atoms with van der Waals surface area (Å²) in [6, 6.07) is 17.6. The number of halogens is 3. The number of rotatable bonds is 7. The molecule has 0 saturated carbocycles. The van der Waals surface area contributed by atoms with E-state index in [2.05, 4.69) is 11.8 Å². The van der Waals surface area contributed by atoms with Crippen molar-refractivity contribution in [3.05, 3.63) is 88.2 Å². The van der Waals surface area contributed by atoms with Gasteiger partial charge in [-0.15, -0.1) is 0 Å². The minimum atomic E-state index is -0.506. The van der Waals surface area contributed by atoms with Crippen LogP contribution in [0.25, 0.3) is 11.1 Å². The fourth-order valence-corrected chi connectivity index (χ4v) is 5.28. The summed E-state index contributed by atoms with van der Waals surface area (Å²) >= 11 is 5.95. The van der Waals surface area contributed by atoms with Crippen LogP contribution in [-0.4, -0.2) is 42.4 Å². The molecular formula is C30H30ClF2NO3. The molecule has 0 aromatic heterocycles. The van der Waals surface area contributed by atoms with Crippen LogP contribution < -0.4 is 9.47 Å². The van der Waals surface area contributed by atoms with Crippen LogP contribution in [0.3, 0.4) is 0 Å². The number of phenolic OH excluding ortho intramolecular Hbond substituents is 1. The lowest BCUT2D eigenvalue weighted by Gasteiger charge is -2.31. The molecule has 3 aromatic carbocycles. The summed E-state index contributed by atoms with van der Waals surface area (Å²) in [7, 11) is 0. The number of fused-ring (bicyclic) bond motifs is 1. The van der Waals surface area contributed by atoms with Gasteiger partial charge in [0, 0.05) is 29.6 Å². The first-order valence-electron chi connectivity index (χ1n) is 12.5. The highest BCUT2D eigenvalue weighted by Gasteiger charge is 2.30. The zero-order chi connectivity index (χ0) is 26.1. The van der Waals surface area contributed by atoms with E-state index in [4.69, 9.17) is 21.1 Å². The van der Waals surface area contributed by atoms with E-state index in [1.807, 2.05) is 31.2 Å². The molecule has 1 N–H and O–H groups in total. The average molecular weight is 526 g/mol. The molecule has 1 saturated heterocycles. The Labute approximate surface area is 221 Å². The van der Waals surface area contributed by atoms with Gasteiger partial charge in [-0.25, -0.2) is 4.39 Å². The van der Waals surface area contributed by atoms with E-state index in [1.54, 1.807) is 24.3 Å². The molecule has 0 amide bonds. The standard InChI is InChI=1S/C30H30ClF2NO3/c1-18(34-12-11-20(15-32)16-34)17-36-24-7-3-21(4-8-24)30-29(22-5-9-26(31)27(33)13-22)19(2)25-14-23(35)6-10-28(25)37-30/h3-10,13-14,18,20,30,35H,11-12,15-17H2,1-2H3. The maximum atomic E-state index is 14.4. The summed E-state index contributed by atoms with van der Waals surface area (Å²) in [6.45, 7) is 5.97. The number of allylic oxidation sites excluding steroid dienone is 1. The number of likely N-dealkylation sites (tertiary alicyclic amines) is 1. The Kier molecular flexibility index (Phi) is 7.40. The summed E-state index contributed by atoms with van der Waals surface area (Å²) in [5, 5.41) is 10.1. The van der Waals surface area contributed by atoms with Gasteiger partial charge in [0.2, 0.25) is 0 Å². The topological polar surface area (TPSA) is 41.9 Å². The van der Waals surface area contributed by atoms with Gasteiger partial charge in [0.1, 0.15) is 35.8 Å². The third-order valence-electron chi connectivity index (χ3n) is 7.34. The van der Waals surface area contributed by atoms with Crippen molar-refractivity contribution < 1.29 is 23.4 Å². The van der Waals surface area contributed by atoms with Crippen molar-refractivity contribution in [2.45, 2.75) is 32.4 Å². The lowest BCUT2D eigenvalue weighted by molar-refractivity contribution is 0.165. The second-order valence-electron chi connectivity index (χ2n) is 9.88. The zero-order valence-corrected chi connectivity index (χ0v) is 21.6. The molecule has 0 radical (unpaired) electrons. The van der Waals surface area contributed by atoms with E-state index in [0.29, 0.717) is 17.9 Å². The number of phenols is 1. The van der Waals surface area contributed by atoms with E-state index < -0.39 is 11.9 Å². The van der Waals surface area contributed by atoms with Crippen LogP contribution in [0.1, 0.15) is 43.1 Å². The normalized spacial score (nSPS) is 20.5. The maximum Gasteiger partial charge on any atom is 0.150 e. The number of nitrogens with zero attached hydrogens (tertiary/aromatic N) is 1. The number of hydrogen-bond acceptors (Lipinski definition) is 4. The van der Waals surface area contributed by atoms with Crippen LogP contribution in [0.2, 0.25) is 5.02 Å². The molecule has 7 heteroatoms. The van der Waals surface area contributed by atoms with Crippen molar-refractivity contribution in [2.75, 3.05) is 26.4 Å². The van der Waals surface area contributed by atoms with Gasteiger partial charge < -0.3 is 14.6 Å². The first-order valence-corrected chi connectivity index (χ1v) is 12.9. The molecule has 4 nitrogen and oxygen atoms in total. The summed E-state index contributed by atoms with van der Waals surface area (Å²) in [4.78, 5) is 2.27. The first-order chi connectivity index (χ1) is 17.8. The van der Waals surface area contributed by atoms with E-state index in [0.717, 1.165) is 47.5 Å². The Morgan fingerprint density at radius 3 is 2.62 bits per heavy atom. The Morgan fingerprint density at radius 1 is 1.14 bits per heavy atom. The van der Waals surface area contributed by atoms with Crippen LogP contribution >= 0.6 is 11.6 Å². The van der Waals surface area contributed by atoms with Gasteiger partial charge >= 0.3 is 0 Å². The molecule has 3 unspecified atom stereocenters. The number of aromatic hydroxyl groups is 1. The number of alkyl halides is 1. The number of ether oxygens (including phenoxy) is 2. The molecule has 2 aliphatic rings. The molecule has 0 spiro atoms. The monoisotopic (exact) mass is 525 g/mol. The third-order valence-corrected chi connectivity index (χ3v) is 7.65. The quantitative estimate of drug-likeness (QED) is 0.351. The van der Waals surface area contributed by atoms with Gasteiger partial charge in [-0.2, -0.15) is 0 Å². The van der Waals surface area contributed by atoms with Crippen LogP contribution in [0.5, 0.6) is 17.2 Å². The van der Waals surface area contributed by atoms with Crippen LogP contribution in [0.15, 0.2) is 60.7 Å². The lowest BCUT2D eigenvalue weighted by atomic mass is 9.86. The molecule has 1 fully saturated rings. The number of hydrogen-bond donors (Lipinski definition) is 1. The van der Waals surface area contributed by atoms with Crippen molar-refractivity contribution in [1.29, 1.82) is 0 Å². The molecule has 3 atom stereocenters. The maximum absolute atomic E-state index is 14.4. The largest absolute Gasteiger partial charge is 0.508 e. The second kappa shape index (κ2) is 10.7. The highest BCUT2D eigenvalue weighted by atomic mass is 35.5. The molecule has 0 aliphatic carbocycles.